The van der Waals surface area contributed by atoms with E-state index in [0.717, 1.165) is 17.0 Å². The van der Waals surface area contributed by atoms with Gasteiger partial charge in [-0.05, 0) is 19.1 Å². The van der Waals surface area contributed by atoms with Gasteiger partial charge in [0.2, 0.25) is 5.91 Å². The molecule has 0 unspecified atom stereocenters. The number of nitrogens with one attached hydrogen (secondary N) is 1. The molecule has 6 nitrogen and oxygen atoms in total. The number of rotatable bonds is 4. The minimum atomic E-state index is -4.59. The predicted molar refractivity (Wildman–Crippen MR) is 83.8 cm³/mol. The zero-order chi connectivity index (χ0) is 18.6. The monoisotopic (exact) mass is 352 g/mol. The van der Waals surface area contributed by atoms with Crippen LogP contribution >= 0.6 is 0 Å². The van der Waals surface area contributed by atoms with Gasteiger partial charge in [0.15, 0.2) is 0 Å². The lowest BCUT2D eigenvalue weighted by atomic mass is 10.1. The van der Waals surface area contributed by atoms with E-state index in [0.29, 0.717) is 5.69 Å². The second kappa shape index (κ2) is 7.29. The number of para-hydroxylation sites is 1. The number of nitrogens with zero attached hydrogens (tertiary/aromatic N) is 3. The van der Waals surface area contributed by atoms with Crippen molar-refractivity contribution >= 4 is 17.5 Å². The van der Waals surface area contributed by atoms with Crippen LogP contribution in [0.15, 0.2) is 36.7 Å². The molecule has 2 rings (SSSR count). The van der Waals surface area contributed by atoms with Crippen LogP contribution in [0.3, 0.4) is 0 Å². The first-order valence-electron chi connectivity index (χ1n) is 7.18. The van der Waals surface area contributed by atoms with Gasteiger partial charge >= 0.3 is 6.18 Å². The van der Waals surface area contributed by atoms with Gasteiger partial charge in [0, 0.05) is 13.2 Å². The van der Waals surface area contributed by atoms with E-state index >= 15 is 0 Å². The number of halogens is 3. The molecule has 0 aliphatic carbocycles. The second-order valence-corrected chi connectivity index (χ2v) is 5.30. The third kappa shape index (κ3) is 4.75. The first-order chi connectivity index (χ1) is 11.7. The molecular weight excluding hydrogens is 337 g/mol. The summed E-state index contributed by atoms with van der Waals surface area (Å²) in [5, 5.41) is 2.17. The molecule has 0 saturated heterocycles. The standard InChI is InChI=1S/C16H15F3N4O2/c1-10-7-21-13(8-20-10)15(25)23(2)9-14(24)22-12-6-4-3-5-11(12)16(17,18)19/h3-8H,9H2,1-2H3,(H,22,24). The highest BCUT2D eigenvalue weighted by molar-refractivity contribution is 5.98. The van der Waals surface area contributed by atoms with Gasteiger partial charge in [-0.2, -0.15) is 13.2 Å². The Morgan fingerprint density at radius 1 is 1.16 bits per heavy atom. The van der Waals surface area contributed by atoms with Crippen molar-refractivity contribution in [2.75, 3.05) is 18.9 Å². The summed E-state index contributed by atoms with van der Waals surface area (Å²) < 4.78 is 38.7. The average Bonchev–Trinajstić information content (AvgIpc) is 2.54. The summed E-state index contributed by atoms with van der Waals surface area (Å²) in [5.41, 5.74) is -0.657. The number of hydrogen-bond acceptors (Lipinski definition) is 4. The highest BCUT2D eigenvalue weighted by atomic mass is 19.4. The summed E-state index contributed by atoms with van der Waals surface area (Å²) in [5.74, 6) is -1.32. The first kappa shape index (κ1) is 18.4. The molecule has 1 aromatic carbocycles. The smallest absolute Gasteiger partial charge is 0.331 e. The lowest BCUT2D eigenvalue weighted by molar-refractivity contribution is -0.137. The fraction of sp³-hybridized carbons (Fsp3) is 0.250. The summed E-state index contributed by atoms with van der Waals surface area (Å²) in [6.45, 7) is 1.27. The minimum Gasteiger partial charge on any atom is -0.331 e. The Kier molecular flexibility index (Phi) is 5.35. The lowest BCUT2D eigenvalue weighted by Crippen LogP contribution is -2.35. The molecule has 9 heteroatoms. The summed E-state index contributed by atoms with van der Waals surface area (Å²) in [4.78, 5) is 33.0. The van der Waals surface area contributed by atoms with Crippen LogP contribution in [0.4, 0.5) is 18.9 Å². The van der Waals surface area contributed by atoms with E-state index in [1.807, 2.05) is 0 Å². The average molecular weight is 352 g/mol. The van der Waals surface area contributed by atoms with Crippen molar-refractivity contribution in [1.82, 2.24) is 14.9 Å². The Morgan fingerprint density at radius 3 is 2.44 bits per heavy atom. The highest BCUT2D eigenvalue weighted by Gasteiger charge is 2.33. The zero-order valence-electron chi connectivity index (χ0n) is 13.5. The summed E-state index contributed by atoms with van der Waals surface area (Å²) in [6, 6.07) is 4.62. The molecule has 0 aliphatic heterocycles. The number of carbonyl (C=O) groups is 2. The van der Waals surface area contributed by atoms with Crippen LogP contribution in [-0.4, -0.2) is 40.3 Å². The SMILES string of the molecule is Cc1cnc(C(=O)N(C)CC(=O)Nc2ccccc2C(F)(F)F)cn1. The third-order valence-electron chi connectivity index (χ3n) is 3.23. The Labute approximate surface area is 141 Å². The van der Waals surface area contributed by atoms with Gasteiger partial charge in [0.1, 0.15) is 5.69 Å². The van der Waals surface area contributed by atoms with Crippen molar-refractivity contribution in [3.8, 4) is 0 Å². The molecule has 0 saturated carbocycles. The van der Waals surface area contributed by atoms with E-state index in [2.05, 4.69) is 15.3 Å². The molecule has 1 N–H and O–H groups in total. The number of likely N-dealkylation sites (N-methyl/N-ethyl adjacent to an activating group) is 1. The van der Waals surface area contributed by atoms with Gasteiger partial charge < -0.3 is 10.2 Å². The Balaban J connectivity index is 2.05. The molecule has 0 fully saturated rings. The van der Waals surface area contributed by atoms with Crippen molar-refractivity contribution in [1.29, 1.82) is 0 Å². The van der Waals surface area contributed by atoms with Gasteiger partial charge in [-0.25, -0.2) is 4.98 Å². The third-order valence-corrected chi connectivity index (χ3v) is 3.23. The molecule has 25 heavy (non-hydrogen) atoms. The Bertz CT molecular complexity index is 776. The van der Waals surface area contributed by atoms with E-state index in [-0.39, 0.29) is 11.4 Å². The number of carbonyl (C=O) groups excluding carboxylic acids is 2. The van der Waals surface area contributed by atoms with E-state index in [4.69, 9.17) is 0 Å². The quantitative estimate of drug-likeness (QED) is 0.917. The molecular formula is C16H15F3N4O2. The Morgan fingerprint density at radius 2 is 1.84 bits per heavy atom. The van der Waals surface area contributed by atoms with Crippen molar-refractivity contribution in [2.24, 2.45) is 0 Å². The molecule has 0 spiro atoms. The molecule has 2 aromatic rings. The number of anilines is 1. The largest absolute Gasteiger partial charge is 0.418 e. The number of amides is 2. The molecule has 2 amide bonds. The topological polar surface area (TPSA) is 75.2 Å². The van der Waals surface area contributed by atoms with Gasteiger partial charge in [-0.15, -0.1) is 0 Å². The van der Waals surface area contributed by atoms with E-state index in [1.165, 1.54) is 31.6 Å². The van der Waals surface area contributed by atoms with Crippen LogP contribution in [0.5, 0.6) is 0 Å². The Hall–Kier alpha value is -2.97. The predicted octanol–water partition coefficient (Wildman–Crippen LogP) is 2.51. The second-order valence-electron chi connectivity index (χ2n) is 5.30. The zero-order valence-corrected chi connectivity index (χ0v) is 13.5. The van der Waals surface area contributed by atoms with Crippen LogP contribution in [-0.2, 0) is 11.0 Å². The molecule has 0 bridgehead atoms. The van der Waals surface area contributed by atoms with Crippen molar-refractivity contribution in [2.45, 2.75) is 13.1 Å². The number of hydrogen-bond donors (Lipinski definition) is 1. The summed E-state index contributed by atoms with van der Waals surface area (Å²) in [7, 11) is 1.35. The van der Waals surface area contributed by atoms with Gasteiger partial charge in [0.05, 0.1) is 29.7 Å². The number of benzene rings is 1. The van der Waals surface area contributed by atoms with Crippen LogP contribution < -0.4 is 5.32 Å². The highest BCUT2D eigenvalue weighted by Crippen LogP contribution is 2.34. The fourth-order valence-corrected chi connectivity index (χ4v) is 2.01. The maximum Gasteiger partial charge on any atom is 0.418 e. The van der Waals surface area contributed by atoms with Crippen LogP contribution in [0.2, 0.25) is 0 Å². The molecule has 0 atom stereocenters. The van der Waals surface area contributed by atoms with Crippen LogP contribution in [0.1, 0.15) is 21.7 Å². The van der Waals surface area contributed by atoms with Crippen molar-refractivity contribution in [3.05, 3.63) is 53.6 Å². The van der Waals surface area contributed by atoms with Crippen LogP contribution in [0, 0.1) is 6.92 Å². The maximum atomic E-state index is 12.9. The van der Waals surface area contributed by atoms with Gasteiger partial charge in [0.25, 0.3) is 5.91 Å². The first-order valence-corrected chi connectivity index (χ1v) is 7.18. The fourth-order valence-electron chi connectivity index (χ4n) is 2.01. The van der Waals surface area contributed by atoms with E-state index in [9.17, 15) is 22.8 Å². The summed E-state index contributed by atoms with van der Waals surface area (Å²) in [6.07, 6.45) is -1.92. The normalized spacial score (nSPS) is 11.1. The lowest BCUT2D eigenvalue weighted by Gasteiger charge is -2.18. The maximum absolute atomic E-state index is 12.9. The summed E-state index contributed by atoms with van der Waals surface area (Å²) >= 11 is 0. The molecule has 0 aliphatic rings. The van der Waals surface area contributed by atoms with Crippen molar-refractivity contribution in [3.63, 3.8) is 0 Å². The minimum absolute atomic E-state index is 0.0385. The molecule has 1 aromatic heterocycles. The molecule has 132 valence electrons. The number of aryl methyl sites for hydroxylation is 1. The van der Waals surface area contributed by atoms with Gasteiger partial charge in [-0.1, -0.05) is 12.1 Å². The van der Waals surface area contributed by atoms with Crippen LogP contribution in [0.25, 0.3) is 0 Å². The van der Waals surface area contributed by atoms with Gasteiger partial charge in [-0.3, -0.25) is 14.6 Å². The number of alkyl halides is 3. The van der Waals surface area contributed by atoms with E-state index < -0.39 is 30.1 Å². The van der Waals surface area contributed by atoms with Crippen molar-refractivity contribution < 1.29 is 22.8 Å². The molecule has 1 heterocycles. The molecule has 0 radical (unpaired) electrons. The van der Waals surface area contributed by atoms with E-state index in [1.54, 1.807) is 6.92 Å². The number of aromatic nitrogens is 2.